The second-order valence-electron chi connectivity index (χ2n) is 4.27. The summed E-state index contributed by atoms with van der Waals surface area (Å²) in [5.41, 5.74) is 0.726. The summed E-state index contributed by atoms with van der Waals surface area (Å²) in [6.07, 6.45) is -0.124. The quantitative estimate of drug-likeness (QED) is 0.775. The molecule has 2 N–H and O–H groups in total. The average molecular weight is 238 g/mol. The van der Waals surface area contributed by atoms with Gasteiger partial charge in [-0.05, 0) is 6.42 Å². The normalized spacial score (nSPS) is 26.7. The van der Waals surface area contributed by atoms with E-state index < -0.39 is 6.29 Å². The van der Waals surface area contributed by atoms with E-state index in [1.807, 2.05) is 18.2 Å². The van der Waals surface area contributed by atoms with Gasteiger partial charge in [-0.1, -0.05) is 30.3 Å². The molecule has 1 aromatic rings. The van der Waals surface area contributed by atoms with Crippen molar-refractivity contribution in [2.24, 2.45) is 0 Å². The lowest BCUT2D eigenvalue weighted by Crippen LogP contribution is -2.32. The summed E-state index contributed by atoms with van der Waals surface area (Å²) >= 11 is 0. The highest BCUT2D eigenvalue weighted by molar-refractivity contribution is 5.15. The van der Waals surface area contributed by atoms with Gasteiger partial charge < -0.3 is 19.7 Å². The summed E-state index contributed by atoms with van der Waals surface area (Å²) < 4.78 is 10.8. The fraction of sp³-hybridized carbons (Fsp3) is 0.538. The van der Waals surface area contributed by atoms with Crippen molar-refractivity contribution in [2.75, 3.05) is 13.2 Å². The highest BCUT2D eigenvalue weighted by atomic mass is 16.6. The molecule has 4 nitrogen and oxygen atoms in total. The Morgan fingerprint density at radius 1 is 1.35 bits per heavy atom. The van der Waals surface area contributed by atoms with Crippen LogP contribution in [0.25, 0.3) is 0 Å². The number of ether oxygens (including phenoxy) is 2. The summed E-state index contributed by atoms with van der Waals surface area (Å²) in [5, 5.41) is 19.2. The van der Waals surface area contributed by atoms with Crippen LogP contribution in [0.2, 0.25) is 0 Å². The predicted molar refractivity (Wildman–Crippen MR) is 62.3 cm³/mol. The van der Waals surface area contributed by atoms with Crippen molar-refractivity contribution in [2.45, 2.75) is 31.3 Å². The van der Waals surface area contributed by atoms with Crippen molar-refractivity contribution in [1.29, 1.82) is 0 Å². The van der Waals surface area contributed by atoms with Crippen LogP contribution in [-0.2, 0) is 9.47 Å². The number of aliphatic hydroxyl groups is 2. The van der Waals surface area contributed by atoms with Crippen molar-refractivity contribution in [3.05, 3.63) is 35.9 Å². The van der Waals surface area contributed by atoms with E-state index in [1.54, 1.807) is 12.1 Å². The Balaban J connectivity index is 1.78. The Bertz CT molecular complexity index is 327. The minimum absolute atomic E-state index is 0.128. The molecule has 17 heavy (non-hydrogen) atoms. The maximum absolute atomic E-state index is 9.78. The molecule has 0 saturated carbocycles. The molecule has 1 fully saturated rings. The van der Waals surface area contributed by atoms with E-state index in [-0.39, 0.29) is 12.2 Å². The van der Waals surface area contributed by atoms with Gasteiger partial charge in [0.05, 0.1) is 18.8 Å². The molecular formula is C13H18O4. The Kier molecular flexibility index (Phi) is 4.50. The van der Waals surface area contributed by atoms with Gasteiger partial charge in [0.2, 0.25) is 0 Å². The third-order valence-corrected chi connectivity index (χ3v) is 2.86. The SMILES string of the molecule is OC(OC[C@@H]1C[C@H](O)CCO1)c1ccccc1. The third-order valence-electron chi connectivity index (χ3n) is 2.86. The minimum atomic E-state index is -0.932. The van der Waals surface area contributed by atoms with Crippen molar-refractivity contribution in [3.8, 4) is 0 Å². The molecule has 1 heterocycles. The maximum atomic E-state index is 9.78. The molecule has 0 aliphatic carbocycles. The molecule has 1 unspecified atom stereocenters. The lowest BCUT2D eigenvalue weighted by Gasteiger charge is -2.27. The van der Waals surface area contributed by atoms with Gasteiger partial charge in [-0.2, -0.15) is 0 Å². The number of hydrogen-bond acceptors (Lipinski definition) is 4. The van der Waals surface area contributed by atoms with Crippen molar-refractivity contribution in [3.63, 3.8) is 0 Å². The van der Waals surface area contributed by atoms with Gasteiger partial charge in [-0.15, -0.1) is 0 Å². The molecule has 0 aromatic heterocycles. The van der Waals surface area contributed by atoms with Crippen LogP contribution in [0.15, 0.2) is 30.3 Å². The van der Waals surface area contributed by atoms with E-state index in [4.69, 9.17) is 9.47 Å². The number of aliphatic hydroxyl groups excluding tert-OH is 2. The lowest BCUT2D eigenvalue weighted by molar-refractivity contribution is -0.150. The Morgan fingerprint density at radius 2 is 2.12 bits per heavy atom. The minimum Gasteiger partial charge on any atom is -0.393 e. The Morgan fingerprint density at radius 3 is 2.82 bits per heavy atom. The topological polar surface area (TPSA) is 58.9 Å². The highest BCUT2D eigenvalue weighted by Gasteiger charge is 2.22. The first-order chi connectivity index (χ1) is 8.25. The fourth-order valence-electron chi connectivity index (χ4n) is 1.89. The largest absolute Gasteiger partial charge is 0.393 e. The Hall–Kier alpha value is -0.940. The monoisotopic (exact) mass is 238 g/mol. The van der Waals surface area contributed by atoms with E-state index in [0.717, 1.165) is 5.56 Å². The fourth-order valence-corrected chi connectivity index (χ4v) is 1.89. The van der Waals surface area contributed by atoms with Crippen LogP contribution in [0.3, 0.4) is 0 Å². The second-order valence-corrected chi connectivity index (χ2v) is 4.27. The van der Waals surface area contributed by atoms with Crippen molar-refractivity contribution < 1.29 is 19.7 Å². The van der Waals surface area contributed by atoms with Crippen LogP contribution in [0.1, 0.15) is 24.7 Å². The summed E-state index contributed by atoms with van der Waals surface area (Å²) in [7, 11) is 0. The van der Waals surface area contributed by atoms with Gasteiger partial charge in [0.15, 0.2) is 6.29 Å². The van der Waals surface area contributed by atoms with Gasteiger partial charge in [-0.25, -0.2) is 0 Å². The molecule has 0 radical (unpaired) electrons. The third kappa shape index (κ3) is 3.78. The first-order valence-corrected chi connectivity index (χ1v) is 5.90. The molecular weight excluding hydrogens is 220 g/mol. The summed E-state index contributed by atoms with van der Waals surface area (Å²) in [6, 6.07) is 9.20. The van der Waals surface area contributed by atoms with Gasteiger partial charge in [-0.3, -0.25) is 0 Å². The van der Waals surface area contributed by atoms with Crippen LogP contribution in [0, 0.1) is 0 Å². The maximum Gasteiger partial charge on any atom is 0.181 e. The molecule has 1 aliphatic rings. The van der Waals surface area contributed by atoms with E-state index in [9.17, 15) is 10.2 Å². The van der Waals surface area contributed by atoms with E-state index in [2.05, 4.69) is 0 Å². The molecule has 2 rings (SSSR count). The zero-order valence-electron chi connectivity index (χ0n) is 9.66. The van der Waals surface area contributed by atoms with E-state index >= 15 is 0 Å². The molecule has 0 bridgehead atoms. The van der Waals surface area contributed by atoms with E-state index in [0.29, 0.717) is 26.1 Å². The summed E-state index contributed by atoms with van der Waals surface area (Å²) in [5.74, 6) is 0. The summed E-state index contributed by atoms with van der Waals surface area (Å²) in [6.45, 7) is 0.851. The number of benzene rings is 1. The number of hydrogen-bond donors (Lipinski definition) is 2. The molecule has 94 valence electrons. The van der Waals surface area contributed by atoms with Gasteiger partial charge in [0.25, 0.3) is 0 Å². The molecule has 1 aromatic carbocycles. The smallest absolute Gasteiger partial charge is 0.181 e. The molecule has 3 atom stereocenters. The van der Waals surface area contributed by atoms with Crippen LogP contribution in [-0.4, -0.2) is 35.6 Å². The summed E-state index contributed by atoms with van der Waals surface area (Å²) in [4.78, 5) is 0. The van der Waals surface area contributed by atoms with Crippen LogP contribution in [0.5, 0.6) is 0 Å². The molecule has 1 aliphatic heterocycles. The highest BCUT2D eigenvalue weighted by Crippen LogP contribution is 2.18. The molecule has 1 saturated heterocycles. The van der Waals surface area contributed by atoms with E-state index in [1.165, 1.54) is 0 Å². The van der Waals surface area contributed by atoms with Gasteiger partial charge >= 0.3 is 0 Å². The van der Waals surface area contributed by atoms with Gasteiger partial charge in [0.1, 0.15) is 0 Å². The lowest BCUT2D eigenvalue weighted by atomic mass is 10.1. The molecule has 4 heteroatoms. The first-order valence-electron chi connectivity index (χ1n) is 5.90. The first kappa shape index (κ1) is 12.5. The number of rotatable bonds is 4. The average Bonchev–Trinajstić information content (AvgIpc) is 2.37. The van der Waals surface area contributed by atoms with Crippen molar-refractivity contribution in [1.82, 2.24) is 0 Å². The van der Waals surface area contributed by atoms with Crippen molar-refractivity contribution >= 4 is 0 Å². The zero-order chi connectivity index (χ0) is 12.1. The van der Waals surface area contributed by atoms with Crippen LogP contribution < -0.4 is 0 Å². The predicted octanol–water partition coefficient (Wildman–Crippen LogP) is 1.23. The molecule has 0 amide bonds. The Labute approximate surface area is 101 Å². The zero-order valence-corrected chi connectivity index (χ0v) is 9.66. The standard InChI is InChI=1S/C13H18O4/c14-11-6-7-16-12(8-11)9-17-13(15)10-4-2-1-3-5-10/h1-5,11-15H,6-9H2/t11-,12+,13?/m1/s1. The second kappa shape index (κ2) is 6.12. The molecule has 0 spiro atoms. The van der Waals surface area contributed by atoms with Crippen LogP contribution in [0.4, 0.5) is 0 Å². The van der Waals surface area contributed by atoms with Crippen LogP contribution >= 0.6 is 0 Å². The van der Waals surface area contributed by atoms with Gasteiger partial charge in [0, 0.05) is 18.6 Å².